The molecule has 1 aliphatic rings. The number of halogens is 2. The Morgan fingerprint density at radius 3 is 2.19 bits per heavy atom. The highest BCUT2D eigenvalue weighted by molar-refractivity contribution is 14.1. The van der Waals surface area contributed by atoms with E-state index in [1.807, 2.05) is 98.8 Å². The van der Waals surface area contributed by atoms with Gasteiger partial charge in [0, 0.05) is 10.3 Å². The Morgan fingerprint density at radius 2 is 1.65 bits per heavy atom. The lowest BCUT2D eigenvalue weighted by atomic mass is 9.77. The number of H-pyrrole nitrogens is 1. The van der Waals surface area contributed by atoms with Crippen LogP contribution in [0.3, 0.4) is 0 Å². The van der Waals surface area contributed by atoms with E-state index in [1.54, 1.807) is 11.7 Å². The molecule has 0 spiro atoms. The minimum atomic E-state index is -1.29. The highest BCUT2D eigenvalue weighted by atomic mass is 127. The van der Waals surface area contributed by atoms with Crippen molar-refractivity contribution in [3.63, 3.8) is 0 Å². The van der Waals surface area contributed by atoms with E-state index in [0.29, 0.717) is 10.8 Å². The minimum Gasteiger partial charge on any atom is -0.497 e. The van der Waals surface area contributed by atoms with Gasteiger partial charge in [-0.05, 0) is 35.2 Å². The van der Waals surface area contributed by atoms with Crippen molar-refractivity contribution in [2.24, 2.45) is 5.92 Å². The Balaban J connectivity index is 1.53. The fourth-order valence-electron chi connectivity index (χ4n) is 6.10. The Bertz CT molecular complexity index is 1720. The number of anilines is 1. The molecular formula is C33H33FIN5O3. The fourth-order valence-corrected chi connectivity index (χ4v) is 7.51. The maximum Gasteiger partial charge on any atom is 0.280 e. The Hall–Kier alpha value is -3.77. The molecule has 3 aromatic carbocycles. The molecule has 4 atom stereocenters. The molecule has 1 saturated heterocycles. The van der Waals surface area contributed by atoms with Gasteiger partial charge >= 0.3 is 0 Å². The highest BCUT2D eigenvalue weighted by Gasteiger charge is 2.52. The smallest absolute Gasteiger partial charge is 0.280 e. The molecule has 3 heterocycles. The van der Waals surface area contributed by atoms with Gasteiger partial charge in [-0.25, -0.2) is 9.37 Å². The normalized spacial score (nSPS) is 22.1. The molecular weight excluding hydrogens is 660 g/mol. The first-order valence-corrected chi connectivity index (χ1v) is 15.8. The van der Waals surface area contributed by atoms with Crippen molar-refractivity contribution < 1.29 is 13.9 Å². The first kappa shape index (κ1) is 29.3. The molecule has 2 N–H and O–H groups in total. The van der Waals surface area contributed by atoms with E-state index in [0.717, 1.165) is 22.4 Å². The molecule has 10 heteroatoms. The number of rotatable bonds is 9. The summed E-state index contributed by atoms with van der Waals surface area (Å²) >= 11 is 2.25. The molecule has 0 unspecified atom stereocenters. The van der Waals surface area contributed by atoms with E-state index in [2.05, 4.69) is 37.9 Å². The lowest BCUT2D eigenvalue weighted by molar-refractivity contribution is -0.0729. The maximum absolute atomic E-state index is 15.8. The van der Waals surface area contributed by atoms with Crippen LogP contribution in [0.15, 0.2) is 96.1 Å². The molecule has 1 fully saturated rings. The van der Waals surface area contributed by atoms with Gasteiger partial charge in [-0.15, -0.1) is 0 Å². The van der Waals surface area contributed by atoms with Crippen molar-refractivity contribution >= 4 is 39.7 Å². The largest absolute Gasteiger partial charge is 0.497 e. The van der Waals surface area contributed by atoms with Gasteiger partial charge in [-0.2, -0.15) is 4.98 Å². The van der Waals surface area contributed by atoms with E-state index in [-0.39, 0.29) is 23.0 Å². The molecule has 0 saturated carbocycles. The van der Waals surface area contributed by atoms with Crippen LogP contribution in [0.5, 0.6) is 5.75 Å². The number of nitrogens with zero attached hydrogens (tertiary/aromatic N) is 3. The number of alkyl halides is 2. The lowest BCUT2D eigenvalue weighted by Gasteiger charge is -2.37. The van der Waals surface area contributed by atoms with Crippen molar-refractivity contribution in [1.29, 1.82) is 0 Å². The second-order valence-corrected chi connectivity index (χ2v) is 11.6. The standard InChI is InChI=1S/C33H33FIN5O3/c1-4-32(19-35)21(2)26(34)30(43-32)40-20-36-27-28(40)37-31(38-29(27)41)39-33(22-11-7-5-8-12-22,23-13-9-6-10-14-23)24-15-17-25(42-3)18-16-24/h5-18,20-21,26,30H,4,19H2,1-3H3,(H2,37,38,39,41)/t21-,26+,30+,32-/m0/s1. The monoisotopic (exact) mass is 693 g/mol. The van der Waals surface area contributed by atoms with Crippen LogP contribution in [0, 0.1) is 5.92 Å². The van der Waals surface area contributed by atoms with Crippen molar-refractivity contribution in [2.75, 3.05) is 16.9 Å². The number of aromatic nitrogens is 4. The van der Waals surface area contributed by atoms with E-state index in [1.165, 1.54) is 6.33 Å². The zero-order valence-electron chi connectivity index (χ0n) is 24.1. The second-order valence-electron chi connectivity index (χ2n) is 10.9. The first-order valence-electron chi connectivity index (χ1n) is 14.3. The van der Waals surface area contributed by atoms with Crippen LogP contribution in [0.2, 0.25) is 0 Å². The Labute approximate surface area is 262 Å². The highest BCUT2D eigenvalue weighted by Crippen LogP contribution is 2.47. The number of hydrogen-bond acceptors (Lipinski definition) is 6. The topological polar surface area (TPSA) is 94.1 Å². The average Bonchev–Trinajstić information content (AvgIpc) is 3.59. The third kappa shape index (κ3) is 4.90. The molecule has 5 aromatic rings. The zero-order chi connectivity index (χ0) is 30.2. The molecule has 0 aliphatic carbocycles. The predicted molar refractivity (Wildman–Crippen MR) is 174 cm³/mol. The molecule has 6 rings (SSSR count). The molecule has 43 heavy (non-hydrogen) atoms. The van der Waals surface area contributed by atoms with Gasteiger partial charge in [0.1, 0.15) is 11.3 Å². The van der Waals surface area contributed by atoms with Crippen LogP contribution in [0.4, 0.5) is 10.3 Å². The van der Waals surface area contributed by atoms with Gasteiger partial charge in [0.25, 0.3) is 5.56 Å². The van der Waals surface area contributed by atoms with E-state index >= 15 is 4.39 Å². The summed E-state index contributed by atoms with van der Waals surface area (Å²) in [4.78, 5) is 25.5. The van der Waals surface area contributed by atoms with Crippen molar-refractivity contribution in [2.45, 2.75) is 43.8 Å². The number of nitrogens with one attached hydrogen (secondary N) is 2. The van der Waals surface area contributed by atoms with E-state index in [9.17, 15) is 4.79 Å². The number of methoxy groups -OCH3 is 1. The van der Waals surface area contributed by atoms with Crippen LogP contribution in [-0.4, -0.2) is 42.8 Å². The first-order chi connectivity index (χ1) is 20.9. The quantitative estimate of drug-likeness (QED) is 0.103. The molecule has 0 bridgehead atoms. The summed E-state index contributed by atoms with van der Waals surface area (Å²) in [5, 5.41) is 3.59. The van der Waals surface area contributed by atoms with Crippen LogP contribution >= 0.6 is 22.6 Å². The Kier molecular flexibility index (Phi) is 7.99. The number of ether oxygens (including phenoxy) is 2. The minimum absolute atomic E-state index is 0.118. The summed E-state index contributed by atoms with van der Waals surface area (Å²) < 4.78 is 29.9. The van der Waals surface area contributed by atoms with Crippen molar-refractivity contribution in [3.8, 4) is 5.75 Å². The molecule has 222 valence electrons. The Morgan fingerprint density at radius 1 is 1.05 bits per heavy atom. The van der Waals surface area contributed by atoms with Crippen LogP contribution in [-0.2, 0) is 10.3 Å². The number of aromatic amines is 1. The third-order valence-corrected chi connectivity index (χ3v) is 10.0. The van der Waals surface area contributed by atoms with Crippen molar-refractivity contribution in [3.05, 3.63) is 118 Å². The van der Waals surface area contributed by atoms with Gasteiger partial charge in [0.15, 0.2) is 23.6 Å². The van der Waals surface area contributed by atoms with Gasteiger partial charge in [0.2, 0.25) is 5.95 Å². The average molecular weight is 694 g/mol. The summed E-state index contributed by atoms with van der Waals surface area (Å²) in [6.45, 7) is 3.88. The summed E-state index contributed by atoms with van der Waals surface area (Å²) in [7, 11) is 1.63. The molecule has 8 nitrogen and oxygen atoms in total. The zero-order valence-corrected chi connectivity index (χ0v) is 26.3. The second kappa shape index (κ2) is 11.7. The van der Waals surface area contributed by atoms with Crippen LogP contribution < -0.4 is 15.6 Å². The summed E-state index contributed by atoms with van der Waals surface area (Å²) in [5.74, 6) is 0.590. The number of hydrogen-bond donors (Lipinski definition) is 2. The molecule has 2 aromatic heterocycles. The van der Waals surface area contributed by atoms with Gasteiger partial charge in [0.05, 0.1) is 19.0 Å². The SMILES string of the molecule is CC[C@@]1(CI)O[C@@H](n2cnc3c(=O)[nH]c(NC(c4ccccc4)(c4ccccc4)c4ccc(OC)cc4)nc32)[C@H](F)[C@@H]1C. The van der Waals surface area contributed by atoms with Crippen molar-refractivity contribution in [1.82, 2.24) is 19.5 Å². The third-order valence-electron chi connectivity index (χ3n) is 8.71. The molecule has 0 amide bonds. The molecule has 1 aliphatic heterocycles. The van der Waals surface area contributed by atoms with Gasteiger partial charge < -0.3 is 14.8 Å². The number of fused-ring (bicyclic) bond motifs is 1. The van der Waals surface area contributed by atoms with Gasteiger partial charge in [-0.1, -0.05) is 109 Å². The molecule has 0 radical (unpaired) electrons. The fraction of sp³-hybridized carbons (Fsp3) is 0.303. The summed E-state index contributed by atoms with van der Waals surface area (Å²) in [6.07, 6.45) is -0.131. The lowest BCUT2D eigenvalue weighted by Crippen LogP contribution is -2.39. The summed E-state index contributed by atoms with van der Waals surface area (Å²) in [6, 6.07) is 27.7. The van der Waals surface area contributed by atoms with E-state index < -0.39 is 29.1 Å². The maximum atomic E-state index is 15.8. The van der Waals surface area contributed by atoms with Crippen LogP contribution in [0.1, 0.15) is 43.2 Å². The van der Waals surface area contributed by atoms with Gasteiger partial charge in [-0.3, -0.25) is 14.3 Å². The van der Waals surface area contributed by atoms with E-state index in [4.69, 9.17) is 14.5 Å². The number of benzene rings is 3. The summed E-state index contributed by atoms with van der Waals surface area (Å²) in [5.41, 5.74) is 1.09. The number of imidazole rings is 1. The van der Waals surface area contributed by atoms with Crippen LogP contribution in [0.25, 0.3) is 11.2 Å². The predicted octanol–water partition coefficient (Wildman–Crippen LogP) is 6.62.